The topological polar surface area (TPSA) is 81.0 Å². The molecule has 0 fully saturated rings. The number of esters is 1. The summed E-state index contributed by atoms with van der Waals surface area (Å²) < 4.78 is 6.44. The first kappa shape index (κ1) is 16.6. The Hall–Kier alpha value is -2.74. The van der Waals surface area contributed by atoms with Gasteiger partial charge >= 0.3 is 5.97 Å². The first-order chi connectivity index (χ1) is 11.0. The van der Waals surface area contributed by atoms with Gasteiger partial charge in [-0.2, -0.15) is 5.26 Å². The molecule has 1 aromatic carbocycles. The second kappa shape index (κ2) is 7.01. The number of unbranched alkanes of at least 4 members (excludes halogenated alkanes) is 1. The minimum atomic E-state index is -0.557. The summed E-state index contributed by atoms with van der Waals surface area (Å²) in [4.78, 5) is 12.0. The van der Waals surface area contributed by atoms with Crippen molar-refractivity contribution in [2.24, 2.45) is 0 Å². The van der Waals surface area contributed by atoms with Crippen LogP contribution >= 0.6 is 0 Å². The summed E-state index contributed by atoms with van der Waals surface area (Å²) >= 11 is 0. The molecule has 0 saturated heterocycles. The molecule has 23 heavy (non-hydrogen) atoms. The molecule has 0 aliphatic heterocycles. The maximum Gasteiger partial charge on any atom is 0.357 e. The SMILES string of the molecule is CCCCc1ccc(-n2cc(C#N)c(N)c2C(=O)OC)c(C)c1. The Labute approximate surface area is 136 Å². The van der Waals surface area contributed by atoms with Gasteiger partial charge in [-0.15, -0.1) is 0 Å². The summed E-state index contributed by atoms with van der Waals surface area (Å²) in [5.74, 6) is -0.557. The van der Waals surface area contributed by atoms with Crippen molar-refractivity contribution in [1.29, 1.82) is 5.26 Å². The maximum atomic E-state index is 12.0. The molecule has 0 aliphatic carbocycles. The second-order valence-corrected chi connectivity index (χ2v) is 5.50. The molecule has 0 bridgehead atoms. The predicted molar refractivity (Wildman–Crippen MR) is 89.6 cm³/mol. The zero-order valence-electron chi connectivity index (χ0n) is 13.7. The second-order valence-electron chi connectivity index (χ2n) is 5.50. The van der Waals surface area contributed by atoms with Gasteiger partial charge in [0.05, 0.1) is 18.4 Å². The zero-order chi connectivity index (χ0) is 17.0. The van der Waals surface area contributed by atoms with Crippen molar-refractivity contribution < 1.29 is 9.53 Å². The van der Waals surface area contributed by atoms with Gasteiger partial charge in [-0.1, -0.05) is 25.5 Å². The lowest BCUT2D eigenvalue weighted by Gasteiger charge is -2.12. The Morgan fingerprint density at radius 3 is 2.74 bits per heavy atom. The van der Waals surface area contributed by atoms with Crippen molar-refractivity contribution in [2.75, 3.05) is 12.8 Å². The van der Waals surface area contributed by atoms with E-state index < -0.39 is 5.97 Å². The smallest absolute Gasteiger partial charge is 0.357 e. The average molecular weight is 311 g/mol. The molecule has 2 aromatic rings. The lowest BCUT2D eigenvalue weighted by molar-refractivity contribution is 0.0593. The Balaban J connectivity index is 2.54. The van der Waals surface area contributed by atoms with E-state index in [1.807, 2.05) is 25.1 Å². The fourth-order valence-corrected chi connectivity index (χ4v) is 2.63. The fraction of sp³-hybridized carbons (Fsp3) is 0.333. The molecule has 0 saturated carbocycles. The molecule has 1 aromatic heterocycles. The van der Waals surface area contributed by atoms with Gasteiger partial charge < -0.3 is 15.0 Å². The molecule has 120 valence electrons. The van der Waals surface area contributed by atoms with E-state index in [1.54, 1.807) is 10.8 Å². The molecule has 0 atom stereocenters. The van der Waals surface area contributed by atoms with Crippen LogP contribution in [-0.4, -0.2) is 17.6 Å². The summed E-state index contributed by atoms with van der Waals surface area (Å²) in [5.41, 5.74) is 9.62. The van der Waals surface area contributed by atoms with Crippen LogP contribution in [0.2, 0.25) is 0 Å². The predicted octanol–water partition coefficient (Wildman–Crippen LogP) is 3.37. The third-order valence-electron chi connectivity index (χ3n) is 3.88. The highest BCUT2D eigenvalue weighted by molar-refractivity contribution is 5.96. The Morgan fingerprint density at radius 1 is 1.43 bits per heavy atom. The van der Waals surface area contributed by atoms with Crippen LogP contribution in [0.5, 0.6) is 0 Å². The van der Waals surface area contributed by atoms with Crippen LogP contribution in [-0.2, 0) is 11.2 Å². The van der Waals surface area contributed by atoms with Gasteiger partial charge in [0.2, 0.25) is 0 Å². The number of nitrogen functional groups attached to an aromatic ring is 1. The van der Waals surface area contributed by atoms with Gasteiger partial charge in [0.1, 0.15) is 6.07 Å². The Kier molecular flexibility index (Phi) is 5.07. The van der Waals surface area contributed by atoms with Crippen LogP contribution in [0, 0.1) is 18.3 Å². The number of carbonyl (C=O) groups excluding carboxylic acids is 1. The number of aromatic nitrogens is 1. The van der Waals surface area contributed by atoms with Crippen molar-refractivity contribution in [2.45, 2.75) is 33.1 Å². The summed E-state index contributed by atoms with van der Waals surface area (Å²) in [6.07, 6.45) is 4.89. The lowest BCUT2D eigenvalue weighted by Crippen LogP contribution is -2.12. The first-order valence-electron chi connectivity index (χ1n) is 7.62. The highest BCUT2D eigenvalue weighted by atomic mass is 16.5. The van der Waals surface area contributed by atoms with Crippen LogP contribution in [0.3, 0.4) is 0 Å². The minimum absolute atomic E-state index is 0.147. The molecule has 5 nitrogen and oxygen atoms in total. The molecule has 5 heteroatoms. The first-order valence-corrected chi connectivity index (χ1v) is 7.62. The quantitative estimate of drug-likeness (QED) is 0.858. The number of anilines is 1. The molecular formula is C18H21N3O2. The van der Waals surface area contributed by atoms with E-state index in [9.17, 15) is 10.1 Å². The molecule has 2 N–H and O–H groups in total. The number of rotatable bonds is 5. The van der Waals surface area contributed by atoms with Crippen molar-refractivity contribution in [1.82, 2.24) is 4.57 Å². The molecular weight excluding hydrogens is 290 g/mol. The van der Waals surface area contributed by atoms with E-state index in [4.69, 9.17) is 10.5 Å². The van der Waals surface area contributed by atoms with Crippen LogP contribution in [0.1, 0.15) is 46.9 Å². The summed E-state index contributed by atoms with van der Waals surface area (Å²) in [6, 6.07) is 8.11. The Morgan fingerprint density at radius 2 is 2.17 bits per heavy atom. The summed E-state index contributed by atoms with van der Waals surface area (Å²) in [7, 11) is 1.30. The van der Waals surface area contributed by atoms with Crippen LogP contribution in [0.4, 0.5) is 5.69 Å². The monoisotopic (exact) mass is 311 g/mol. The van der Waals surface area contributed by atoms with Gasteiger partial charge in [-0.05, 0) is 37.0 Å². The standard InChI is InChI=1S/C18H21N3O2/c1-4-5-6-13-7-8-15(12(2)9-13)21-11-14(10-19)16(20)17(21)18(22)23-3/h7-9,11H,4-6,20H2,1-3H3. The van der Waals surface area contributed by atoms with E-state index in [-0.39, 0.29) is 16.9 Å². The van der Waals surface area contributed by atoms with Gasteiger partial charge in [0.25, 0.3) is 0 Å². The maximum absolute atomic E-state index is 12.0. The number of benzene rings is 1. The summed E-state index contributed by atoms with van der Waals surface area (Å²) in [5, 5.41) is 9.17. The van der Waals surface area contributed by atoms with Crippen LogP contribution in [0.15, 0.2) is 24.4 Å². The van der Waals surface area contributed by atoms with E-state index in [2.05, 4.69) is 13.0 Å². The van der Waals surface area contributed by atoms with Crippen molar-refractivity contribution in [3.8, 4) is 11.8 Å². The Bertz CT molecular complexity index is 769. The lowest BCUT2D eigenvalue weighted by atomic mass is 10.0. The number of hydrogen-bond acceptors (Lipinski definition) is 4. The van der Waals surface area contributed by atoms with Gasteiger partial charge in [-0.3, -0.25) is 0 Å². The van der Waals surface area contributed by atoms with E-state index >= 15 is 0 Å². The van der Waals surface area contributed by atoms with Gasteiger partial charge in [-0.25, -0.2) is 4.79 Å². The number of nitrogens with zero attached hydrogens (tertiary/aromatic N) is 2. The van der Waals surface area contributed by atoms with Crippen molar-refractivity contribution in [3.05, 3.63) is 46.8 Å². The molecule has 0 amide bonds. The van der Waals surface area contributed by atoms with Crippen molar-refractivity contribution in [3.63, 3.8) is 0 Å². The molecule has 1 heterocycles. The molecule has 2 rings (SSSR count). The third-order valence-corrected chi connectivity index (χ3v) is 3.88. The normalized spacial score (nSPS) is 10.3. The van der Waals surface area contributed by atoms with Crippen LogP contribution in [0.25, 0.3) is 5.69 Å². The molecule has 0 spiro atoms. The average Bonchev–Trinajstić information content (AvgIpc) is 2.88. The van der Waals surface area contributed by atoms with E-state index in [1.165, 1.54) is 12.7 Å². The number of nitriles is 1. The molecule has 0 radical (unpaired) electrons. The number of ether oxygens (including phenoxy) is 1. The number of methoxy groups -OCH3 is 1. The van der Waals surface area contributed by atoms with E-state index in [0.29, 0.717) is 0 Å². The van der Waals surface area contributed by atoms with Crippen molar-refractivity contribution >= 4 is 11.7 Å². The fourth-order valence-electron chi connectivity index (χ4n) is 2.63. The molecule has 0 unspecified atom stereocenters. The van der Waals surface area contributed by atoms with Gasteiger partial charge in [0, 0.05) is 11.9 Å². The number of carbonyl (C=O) groups is 1. The largest absolute Gasteiger partial charge is 0.464 e. The van der Waals surface area contributed by atoms with E-state index in [0.717, 1.165) is 30.5 Å². The minimum Gasteiger partial charge on any atom is -0.464 e. The highest BCUT2D eigenvalue weighted by Gasteiger charge is 2.22. The number of aryl methyl sites for hydroxylation is 2. The highest BCUT2D eigenvalue weighted by Crippen LogP contribution is 2.27. The third kappa shape index (κ3) is 3.21. The molecule has 0 aliphatic rings. The van der Waals surface area contributed by atoms with Gasteiger partial charge in [0.15, 0.2) is 5.69 Å². The summed E-state index contributed by atoms with van der Waals surface area (Å²) in [6.45, 7) is 4.14. The zero-order valence-corrected chi connectivity index (χ0v) is 13.7. The number of hydrogen-bond donors (Lipinski definition) is 1. The van der Waals surface area contributed by atoms with Crippen LogP contribution < -0.4 is 5.73 Å². The number of nitrogens with two attached hydrogens (primary N) is 1.